The van der Waals surface area contributed by atoms with E-state index in [2.05, 4.69) is 21.3 Å². The predicted octanol–water partition coefficient (Wildman–Crippen LogP) is -1.05. The summed E-state index contributed by atoms with van der Waals surface area (Å²) < 4.78 is 5.38. The molecule has 2 aliphatic rings. The number of carbonyl (C=O) groups excluding carboxylic acids is 4. The van der Waals surface area contributed by atoms with Gasteiger partial charge in [0.05, 0.1) is 13.1 Å². The number of fused-ring (bicyclic) bond motifs is 7. The van der Waals surface area contributed by atoms with Crippen molar-refractivity contribution in [3.63, 3.8) is 0 Å². The SMILES string of the molecule is O=C1CNC(=O)[C@H]2CSSCC/C=C/[C@H](CCNCC(=O)N2)OC(=O)CN1. The highest BCUT2D eigenvalue weighted by Gasteiger charge is 2.22. The molecule has 0 aliphatic carbocycles. The van der Waals surface area contributed by atoms with Crippen LogP contribution in [0, 0.1) is 0 Å². The minimum absolute atomic E-state index is 0.0481. The van der Waals surface area contributed by atoms with Crippen molar-refractivity contribution >= 4 is 45.3 Å². The third-order valence-corrected chi connectivity index (χ3v) is 6.16. The summed E-state index contributed by atoms with van der Waals surface area (Å²) in [5, 5.41) is 10.6. The van der Waals surface area contributed by atoms with Gasteiger partial charge in [-0.1, -0.05) is 27.7 Å². The minimum atomic E-state index is -0.740. The normalized spacial score (nSPS) is 28.1. The second-order valence-electron chi connectivity index (χ2n) is 5.93. The monoisotopic (exact) mass is 416 g/mol. The Bertz CT molecular complexity index is 587. The van der Waals surface area contributed by atoms with E-state index in [1.807, 2.05) is 12.2 Å². The molecule has 4 N–H and O–H groups in total. The van der Waals surface area contributed by atoms with Gasteiger partial charge in [0.2, 0.25) is 17.7 Å². The van der Waals surface area contributed by atoms with Crippen molar-refractivity contribution in [3.05, 3.63) is 12.2 Å². The molecule has 2 atom stereocenters. The Hall–Kier alpha value is -1.72. The summed E-state index contributed by atoms with van der Waals surface area (Å²) in [6, 6.07) is -0.740. The van der Waals surface area contributed by atoms with Crippen molar-refractivity contribution in [2.75, 3.05) is 37.7 Å². The van der Waals surface area contributed by atoms with Gasteiger partial charge < -0.3 is 26.0 Å². The lowest BCUT2D eigenvalue weighted by Gasteiger charge is -2.19. The average Bonchev–Trinajstić information content (AvgIpc) is 2.64. The van der Waals surface area contributed by atoms with Gasteiger partial charge in [-0.15, -0.1) is 0 Å². The smallest absolute Gasteiger partial charge is 0.326 e. The molecule has 2 heterocycles. The van der Waals surface area contributed by atoms with Crippen molar-refractivity contribution in [1.82, 2.24) is 21.3 Å². The molecular weight excluding hydrogens is 392 g/mol. The van der Waals surface area contributed by atoms with Gasteiger partial charge in [-0.3, -0.25) is 19.2 Å². The molecule has 1 fully saturated rings. The summed E-state index contributed by atoms with van der Waals surface area (Å²) in [5.41, 5.74) is 0. The van der Waals surface area contributed by atoms with Gasteiger partial charge in [-0.25, -0.2) is 0 Å². The second kappa shape index (κ2) is 11.9. The third kappa shape index (κ3) is 8.67. The van der Waals surface area contributed by atoms with E-state index in [-0.39, 0.29) is 25.5 Å². The Labute approximate surface area is 165 Å². The number of carbonyl (C=O) groups is 4. The zero-order valence-electron chi connectivity index (χ0n) is 14.8. The number of rotatable bonds is 0. The van der Waals surface area contributed by atoms with E-state index < -0.39 is 29.9 Å². The number of allylic oxidation sites excluding steroid dienone is 1. The van der Waals surface area contributed by atoms with E-state index in [9.17, 15) is 19.2 Å². The first-order chi connectivity index (χ1) is 13.0. The van der Waals surface area contributed by atoms with Crippen molar-refractivity contribution in [1.29, 1.82) is 0 Å². The fourth-order valence-corrected chi connectivity index (χ4v) is 4.50. The summed E-state index contributed by atoms with van der Waals surface area (Å²) in [5.74, 6) is -0.596. The maximum Gasteiger partial charge on any atom is 0.326 e. The first kappa shape index (κ1) is 21.6. The maximum atomic E-state index is 12.3. The number of hydrogen-bond acceptors (Lipinski definition) is 8. The molecule has 1 saturated heterocycles. The molecule has 0 spiro atoms. The Morgan fingerprint density at radius 1 is 1.00 bits per heavy atom. The predicted molar refractivity (Wildman–Crippen MR) is 104 cm³/mol. The summed E-state index contributed by atoms with van der Waals surface area (Å²) >= 11 is 0. The first-order valence-electron chi connectivity index (χ1n) is 8.69. The van der Waals surface area contributed by atoms with Crippen LogP contribution in [0.15, 0.2) is 12.2 Å². The van der Waals surface area contributed by atoms with Crippen LogP contribution in [-0.4, -0.2) is 73.5 Å². The summed E-state index contributed by atoms with van der Waals surface area (Å²) in [4.78, 5) is 48.2. The van der Waals surface area contributed by atoms with Gasteiger partial charge in [0.1, 0.15) is 18.7 Å². The van der Waals surface area contributed by atoms with Crippen LogP contribution in [0.3, 0.4) is 0 Å². The molecule has 2 aliphatic heterocycles. The minimum Gasteiger partial charge on any atom is -0.457 e. The lowest BCUT2D eigenvalue weighted by Crippen LogP contribution is -2.52. The first-order valence-corrected chi connectivity index (χ1v) is 11.2. The molecular formula is C16H24N4O5S2. The van der Waals surface area contributed by atoms with Crippen LogP contribution in [0.2, 0.25) is 0 Å². The zero-order chi connectivity index (χ0) is 19.5. The molecule has 0 unspecified atom stereocenters. The van der Waals surface area contributed by atoms with Crippen LogP contribution < -0.4 is 21.3 Å². The molecule has 2 rings (SSSR count). The van der Waals surface area contributed by atoms with Crippen molar-refractivity contribution in [3.8, 4) is 0 Å². The van der Waals surface area contributed by atoms with E-state index in [0.717, 1.165) is 12.2 Å². The van der Waals surface area contributed by atoms with Crippen LogP contribution in [0.25, 0.3) is 0 Å². The quantitative estimate of drug-likeness (QED) is 0.224. The Morgan fingerprint density at radius 2 is 1.85 bits per heavy atom. The Morgan fingerprint density at radius 3 is 2.70 bits per heavy atom. The Balaban J connectivity index is 2.17. The molecule has 0 saturated carbocycles. The number of ether oxygens (including phenoxy) is 1. The second-order valence-corrected chi connectivity index (χ2v) is 8.56. The van der Waals surface area contributed by atoms with Gasteiger partial charge in [-0.2, -0.15) is 0 Å². The van der Waals surface area contributed by atoms with E-state index in [4.69, 9.17) is 4.74 Å². The molecule has 0 radical (unpaired) electrons. The topological polar surface area (TPSA) is 126 Å². The molecule has 0 aromatic heterocycles. The number of amides is 3. The van der Waals surface area contributed by atoms with Crippen molar-refractivity contribution in [2.45, 2.75) is 25.0 Å². The van der Waals surface area contributed by atoms with Gasteiger partial charge >= 0.3 is 5.97 Å². The fourth-order valence-electron chi connectivity index (χ4n) is 2.34. The molecule has 3 amide bonds. The third-order valence-electron chi connectivity index (χ3n) is 3.72. The molecule has 2 bridgehead atoms. The summed E-state index contributed by atoms with van der Waals surface area (Å²) in [6.07, 6.45) is 4.63. The summed E-state index contributed by atoms with van der Waals surface area (Å²) in [7, 11) is 3.07. The maximum absolute atomic E-state index is 12.3. The van der Waals surface area contributed by atoms with Gasteiger partial charge in [-0.05, 0) is 19.0 Å². The highest BCUT2D eigenvalue weighted by Crippen LogP contribution is 2.23. The van der Waals surface area contributed by atoms with E-state index in [1.165, 1.54) is 10.8 Å². The number of esters is 1. The molecule has 9 nitrogen and oxygen atoms in total. The van der Waals surface area contributed by atoms with Crippen LogP contribution >= 0.6 is 21.6 Å². The summed E-state index contributed by atoms with van der Waals surface area (Å²) in [6.45, 7) is -0.0366. The van der Waals surface area contributed by atoms with Crippen LogP contribution in [0.4, 0.5) is 0 Å². The van der Waals surface area contributed by atoms with Crippen LogP contribution in [-0.2, 0) is 23.9 Å². The Kier molecular flexibility index (Phi) is 9.50. The lowest BCUT2D eigenvalue weighted by atomic mass is 10.2. The largest absolute Gasteiger partial charge is 0.457 e. The van der Waals surface area contributed by atoms with Crippen molar-refractivity contribution in [2.24, 2.45) is 0 Å². The standard InChI is InChI=1S/C16H24N4O5S2/c21-13-8-19-16(24)12-10-27-26-6-2-1-3-11(25-15(23)9-18-13)4-5-17-7-14(22)20-12/h1,3,11-12,17H,2,4-10H2,(H,18,21)(H,19,24)(H,20,22)/b3-1+/t11-,12-/m1/s1. The molecule has 0 aromatic carbocycles. The number of nitrogens with one attached hydrogen (secondary N) is 4. The highest BCUT2D eigenvalue weighted by atomic mass is 33.1. The fraction of sp³-hybridized carbons (Fsp3) is 0.625. The van der Waals surface area contributed by atoms with Gasteiger partial charge in [0.15, 0.2) is 0 Å². The van der Waals surface area contributed by atoms with E-state index >= 15 is 0 Å². The van der Waals surface area contributed by atoms with E-state index in [0.29, 0.717) is 18.7 Å². The zero-order valence-corrected chi connectivity index (χ0v) is 16.5. The van der Waals surface area contributed by atoms with Gasteiger partial charge in [0.25, 0.3) is 0 Å². The number of hydrogen-bond donors (Lipinski definition) is 4. The molecule has 0 aromatic rings. The van der Waals surface area contributed by atoms with Gasteiger partial charge in [0, 0.05) is 17.9 Å². The molecule has 27 heavy (non-hydrogen) atoms. The molecule has 150 valence electrons. The molecule has 11 heteroatoms. The highest BCUT2D eigenvalue weighted by molar-refractivity contribution is 8.76. The average molecular weight is 417 g/mol. The lowest BCUT2D eigenvalue weighted by molar-refractivity contribution is -0.147. The van der Waals surface area contributed by atoms with E-state index in [1.54, 1.807) is 10.8 Å². The van der Waals surface area contributed by atoms with Crippen molar-refractivity contribution < 1.29 is 23.9 Å². The van der Waals surface area contributed by atoms with Crippen LogP contribution in [0.1, 0.15) is 12.8 Å². The van der Waals surface area contributed by atoms with Crippen LogP contribution in [0.5, 0.6) is 0 Å².